The van der Waals surface area contributed by atoms with E-state index in [9.17, 15) is 0 Å². The summed E-state index contributed by atoms with van der Waals surface area (Å²) in [6, 6.07) is 0. The second kappa shape index (κ2) is 6.07. The molecular weight excluding hydrogens is 280 g/mol. The largest absolute Gasteiger partial charge is 0.355 e. The van der Waals surface area contributed by atoms with Crippen LogP contribution in [0, 0.1) is 5.92 Å². The summed E-state index contributed by atoms with van der Waals surface area (Å²) in [5.41, 5.74) is 9.96. The molecular formula is C21H30N2. The minimum atomic E-state index is 0.631. The van der Waals surface area contributed by atoms with Crippen molar-refractivity contribution in [3.8, 4) is 0 Å². The second-order valence-corrected chi connectivity index (χ2v) is 7.64. The van der Waals surface area contributed by atoms with Crippen molar-refractivity contribution in [1.29, 1.82) is 0 Å². The van der Waals surface area contributed by atoms with Crippen molar-refractivity contribution in [2.75, 3.05) is 19.8 Å². The molecule has 3 rings (SSSR count). The van der Waals surface area contributed by atoms with Gasteiger partial charge in [-0.05, 0) is 57.3 Å². The van der Waals surface area contributed by atoms with Crippen LogP contribution in [0.3, 0.4) is 0 Å². The number of rotatable bonds is 2. The molecule has 0 saturated carbocycles. The molecule has 0 aromatic carbocycles. The molecule has 1 unspecified atom stereocenters. The zero-order chi connectivity index (χ0) is 16.7. The van der Waals surface area contributed by atoms with Crippen LogP contribution in [0.5, 0.6) is 0 Å². The van der Waals surface area contributed by atoms with E-state index in [1.807, 2.05) is 0 Å². The van der Waals surface area contributed by atoms with E-state index in [-0.39, 0.29) is 0 Å². The van der Waals surface area contributed by atoms with Crippen molar-refractivity contribution in [3.63, 3.8) is 0 Å². The van der Waals surface area contributed by atoms with Gasteiger partial charge in [0, 0.05) is 30.4 Å². The van der Waals surface area contributed by atoms with Crippen molar-refractivity contribution in [2.24, 2.45) is 5.92 Å². The molecule has 0 spiro atoms. The highest BCUT2D eigenvalue weighted by Crippen LogP contribution is 2.36. The first-order chi connectivity index (χ1) is 10.9. The van der Waals surface area contributed by atoms with Gasteiger partial charge in [-0.15, -0.1) is 0 Å². The fourth-order valence-electron chi connectivity index (χ4n) is 4.66. The van der Waals surface area contributed by atoms with E-state index in [0.29, 0.717) is 5.92 Å². The molecule has 0 N–H and O–H groups in total. The Balaban J connectivity index is 1.83. The molecule has 1 saturated heterocycles. The van der Waals surface area contributed by atoms with E-state index in [4.69, 9.17) is 0 Å². The standard InChI is InChI=1S/C21H30N2/c1-14-9-16(3)20(17(4)10-14)22-7-8-23(13-22)21-18(5)11-15(2)12-19(21)6/h10-11,19H,3,7-9,12-13H2,1-2,4-6H3. The van der Waals surface area contributed by atoms with Crippen LogP contribution in [0.15, 0.2) is 58.0 Å². The van der Waals surface area contributed by atoms with Gasteiger partial charge in [-0.2, -0.15) is 0 Å². The molecule has 0 amide bonds. The highest BCUT2D eigenvalue weighted by atomic mass is 15.4. The molecule has 1 fully saturated rings. The lowest BCUT2D eigenvalue weighted by molar-refractivity contribution is 0.300. The lowest BCUT2D eigenvalue weighted by Crippen LogP contribution is -2.30. The predicted molar refractivity (Wildman–Crippen MR) is 98.7 cm³/mol. The van der Waals surface area contributed by atoms with Crippen LogP contribution in [0.1, 0.15) is 47.5 Å². The van der Waals surface area contributed by atoms with Gasteiger partial charge >= 0.3 is 0 Å². The van der Waals surface area contributed by atoms with Crippen LogP contribution < -0.4 is 0 Å². The zero-order valence-electron chi connectivity index (χ0n) is 15.4. The maximum atomic E-state index is 4.34. The van der Waals surface area contributed by atoms with Crippen molar-refractivity contribution in [1.82, 2.24) is 9.80 Å². The van der Waals surface area contributed by atoms with E-state index in [1.165, 1.54) is 40.0 Å². The normalized spacial score (nSPS) is 26.1. The van der Waals surface area contributed by atoms with Gasteiger partial charge in [0.1, 0.15) is 0 Å². The third-order valence-corrected chi connectivity index (χ3v) is 5.26. The summed E-state index contributed by atoms with van der Waals surface area (Å²) in [7, 11) is 0. The van der Waals surface area contributed by atoms with Gasteiger partial charge in [0.15, 0.2) is 0 Å². The summed E-state index contributed by atoms with van der Waals surface area (Å²) < 4.78 is 0. The van der Waals surface area contributed by atoms with Crippen molar-refractivity contribution < 1.29 is 0 Å². The smallest absolute Gasteiger partial charge is 0.0902 e. The maximum absolute atomic E-state index is 4.34. The van der Waals surface area contributed by atoms with Gasteiger partial charge < -0.3 is 9.80 Å². The molecule has 23 heavy (non-hydrogen) atoms. The highest BCUT2D eigenvalue weighted by Gasteiger charge is 2.30. The Hall–Kier alpha value is -1.70. The topological polar surface area (TPSA) is 6.48 Å². The molecule has 0 aromatic rings. The van der Waals surface area contributed by atoms with Crippen molar-refractivity contribution in [3.05, 3.63) is 58.0 Å². The summed E-state index contributed by atoms with van der Waals surface area (Å²) in [5, 5.41) is 0. The fraction of sp³-hybridized carbons (Fsp3) is 0.524. The Labute approximate surface area is 141 Å². The SMILES string of the molecule is C=C1CC(C)=CC(C)=C1N1CCN(C2=C(C)C=C(C)CC2C)C1. The molecule has 2 aliphatic carbocycles. The van der Waals surface area contributed by atoms with Crippen LogP contribution in [0.4, 0.5) is 0 Å². The fourth-order valence-corrected chi connectivity index (χ4v) is 4.66. The molecule has 2 heteroatoms. The third kappa shape index (κ3) is 3.04. The third-order valence-electron chi connectivity index (χ3n) is 5.26. The number of allylic oxidation sites excluding steroid dienone is 8. The second-order valence-electron chi connectivity index (χ2n) is 7.64. The van der Waals surface area contributed by atoms with Crippen LogP contribution in [0.25, 0.3) is 0 Å². The molecule has 3 aliphatic rings. The van der Waals surface area contributed by atoms with Crippen molar-refractivity contribution >= 4 is 0 Å². The Morgan fingerprint density at radius 3 is 2.26 bits per heavy atom. The Morgan fingerprint density at radius 1 is 0.957 bits per heavy atom. The summed E-state index contributed by atoms with van der Waals surface area (Å²) >= 11 is 0. The molecule has 1 aliphatic heterocycles. The van der Waals surface area contributed by atoms with E-state index in [0.717, 1.165) is 26.2 Å². The molecule has 1 heterocycles. The van der Waals surface area contributed by atoms with Crippen LogP contribution >= 0.6 is 0 Å². The van der Waals surface area contributed by atoms with Gasteiger partial charge in [-0.25, -0.2) is 0 Å². The molecule has 1 atom stereocenters. The number of hydrogen-bond acceptors (Lipinski definition) is 2. The predicted octanol–water partition coefficient (Wildman–Crippen LogP) is 5.00. The lowest BCUT2D eigenvalue weighted by atomic mass is 9.89. The van der Waals surface area contributed by atoms with Crippen molar-refractivity contribution in [2.45, 2.75) is 47.5 Å². The zero-order valence-corrected chi connectivity index (χ0v) is 15.4. The minimum Gasteiger partial charge on any atom is -0.355 e. The first-order valence-electron chi connectivity index (χ1n) is 8.81. The highest BCUT2D eigenvalue weighted by molar-refractivity contribution is 5.45. The van der Waals surface area contributed by atoms with Gasteiger partial charge in [0.2, 0.25) is 0 Å². The summed E-state index contributed by atoms with van der Waals surface area (Å²) in [4.78, 5) is 5.11. The maximum Gasteiger partial charge on any atom is 0.0902 e. The van der Waals surface area contributed by atoms with Gasteiger partial charge in [-0.3, -0.25) is 0 Å². The number of hydrogen-bond donors (Lipinski definition) is 0. The van der Waals surface area contributed by atoms with E-state index < -0.39 is 0 Å². The van der Waals surface area contributed by atoms with Gasteiger partial charge in [-0.1, -0.05) is 36.8 Å². The first kappa shape index (κ1) is 16.2. The molecule has 0 bridgehead atoms. The monoisotopic (exact) mass is 310 g/mol. The number of nitrogens with zero attached hydrogens (tertiary/aromatic N) is 2. The summed E-state index contributed by atoms with van der Waals surface area (Å²) in [5.74, 6) is 0.631. The van der Waals surface area contributed by atoms with Crippen LogP contribution in [-0.2, 0) is 0 Å². The van der Waals surface area contributed by atoms with E-state index in [2.05, 4.69) is 63.1 Å². The molecule has 2 nitrogen and oxygen atoms in total. The Bertz CT molecular complexity index is 657. The van der Waals surface area contributed by atoms with E-state index >= 15 is 0 Å². The average Bonchev–Trinajstić information content (AvgIpc) is 2.85. The van der Waals surface area contributed by atoms with Crippen LogP contribution in [-0.4, -0.2) is 29.6 Å². The van der Waals surface area contributed by atoms with Gasteiger partial charge in [0.05, 0.1) is 6.67 Å². The lowest BCUT2D eigenvalue weighted by Gasteiger charge is -2.33. The summed E-state index contributed by atoms with van der Waals surface area (Å²) in [6.45, 7) is 18.9. The first-order valence-corrected chi connectivity index (χ1v) is 8.81. The van der Waals surface area contributed by atoms with E-state index in [1.54, 1.807) is 5.70 Å². The quantitative estimate of drug-likeness (QED) is 0.708. The average molecular weight is 310 g/mol. The molecule has 0 radical (unpaired) electrons. The Kier molecular flexibility index (Phi) is 4.27. The van der Waals surface area contributed by atoms with Crippen LogP contribution in [0.2, 0.25) is 0 Å². The molecule has 124 valence electrons. The summed E-state index contributed by atoms with van der Waals surface area (Å²) in [6.07, 6.45) is 6.91. The van der Waals surface area contributed by atoms with Gasteiger partial charge in [0.25, 0.3) is 0 Å². The Morgan fingerprint density at radius 2 is 1.61 bits per heavy atom. The molecule has 0 aromatic heterocycles. The minimum absolute atomic E-state index is 0.631.